The lowest BCUT2D eigenvalue weighted by Gasteiger charge is -2.15. The van der Waals surface area contributed by atoms with E-state index in [0.29, 0.717) is 34.5 Å². The number of anilines is 5. The van der Waals surface area contributed by atoms with Crippen LogP contribution in [-0.4, -0.2) is 37.9 Å². The number of aliphatic hydroxyl groups excluding tert-OH is 1. The Balaban J connectivity index is 1.55. The summed E-state index contributed by atoms with van der Waals surface area (Å²) < 4.78 is 40.9. The second-order valence-electron chi connectivity index (χ2n) is 8.03. The first-order valence-electron chi connectivity index (χ1n) is 11.1. The van der Waals surface area contributed by atoms with E-state index < -0.39 is 22.8 Å². The van der Waals surface area contributed by atoms with Crippen molar-refractivity contribution >= 4 is 46.3 Å². The summed E-state index contributed by atoms with van der Waals surface area (Å²) in [7, 11) is 1.72. The third-order valence-corrected chi connectivity index (χ3v) is 5.67. The van der Waals surface area contributed by atoms with Crippen LogP contribution in [0.25, 0.3) is 5.82 Å². The summed E-state index contributed by atoms with van der Waals surface area (Å²) in [5, 5.41) is 24.6. The fourth-order valence-corrected chi connectivity index (χ4v) is 3.68. The Hall–Kier alpha value is -4.36. The molecular formula is C24H22ClF3N8O2. The molecule has 4 rings (SSSR count). The normalized spacial score (nSPS) is 11.2. The number of amides is 2. The SMILES string of the molecule is CNc1cc(-n2nc(CO)cc2Nc2cc(NC(=O)Nc3ccc(Cl)c(C(F)(F)F)c3)ccc2C)ncn1. The molecule has 2 aromatic heterocycles. The molecule has 14 heteroatoms. The van der Waals surface area contributed by atoms with Gasteiger partial charge in [0.15, 0.2) is 5.82 Å². The van der Waals surface area contributed by atoms with Crippen LogP contribution >= 0.6 is 11.6 Å². The number of aromatic nitrogens is 4. The number of carbonyl (C=O) groups is 1. The van der Waals surface area contributed by atoms with E-state index in [1.54, 1.807) is 37.4 Å². The van der Waals surface area contributed by atoms with Crippen molar-refractivity contribution in [3.63, 3.8) is 0 Å². The van der Waals surface area contributed by atoms with E-state index in [2.05, 4.69) is 36.3 Å². The number of rotatable bonds is 7. The second kappa shape index (κ2) is 10.9. The molecule has 0 atom stereocenters. The summed E-state index contributed by atoms with van der Waals surface area (Å²) in [5.74, 6) is 1.50. The van der Waals surface area contributed by atoms with E-state index in [0.717, 1.165) is 17.7 Å². The van der Waals surface area contributed by atoms with Crippen molar-refractivity contribution in [2.24, 2.45) is 0 Å². The number of benzene rings is 2. The van der Waals surface area contributed by atoms with Gasteiger partial charge in [0, 0.05) is 36.2 Å². The van der Waals surface area contributed by atoms with Crippen LogP contribution in [0.5, 0.6) is 0 Å². The van der Waals surface area contributed by atoms with Crippen LogP contribution < -0.4 is 21.3 Å². The molecule has 0 spiro atoms. The van der Waals surface area contributed by atoms with Gasteiger partial charge in [0.2, 0.25) is 0 Å². The number of nitrogens with one attached hydrogen (secondary N) is 4. The monoisotopic (exact) mass is 546 g/mol. The van der Waals surface area contributed by atoms with Gasteiger partial charge in [-0.15, -0.1) is 0 Å². The van der Waals surface area contributed by atoms with E-state index >= 15 is 0 Å². The average Bonchev–Trinajstić information content (AvgIpc) is 3.29. The van der Waals surface area contributed by atoms with Gasteiger partial charge in [-0.05, 0) is 42.8 Å². The van der Waals surface area contributed by atoms with Crippen molar-refractivity contribution in [3.05, 3.63) is 76.7 Å². The molecule has 2 amide bonds. The molecule has 4 aromatic rings. The highest BCUT2D eigenvalue weighted by atomic mass is 35.5. The number of aryl methyl sites for hydroxylation is 1. The molecule has 2 heterocycles. The van der Waals surface area contributed by atoms with Crippen LogP contribution in [-0.2, 0) is 12.8 Å². The van der Waals surface area contributed by atoms with Gasteiger partial charge < -0.3 is 26.4 Å². The predicted octanol–water partition coefficient (Wildman–Crippen LogP) is 5.56. The molecule has 198 valence electrons. The van der Waals surface area contributed by atoms with Gasteiger partial charge in [-0.25, -0.2) is 14.8 Å². The molecular weight excluding hydrogens is 525 g/mol. The van der Waals surface area contributed by atoms with Crippen LogP contribution in [0.1, 0.15) is 16.8 Å². The van der Waals surface area contributed by atoms with Gasteiger partial charge >= 0.3 is 12.2 Å². The number of nitrogens with zero attached hydrogens (tertiary/aromatic N) is 4. The Morgan fingerprint density at radius 3 is 2.45 bits per heavy atom. The maximum absolute atomic E-state index is 13.1. The fraction of sp³-hybridized carbons (Fsp3) is 0.167. The van der Waals surface area contributed by atoms with Crippen molar-refractivity contribution < 1.29 is 23.1 Å². The first-order chi connectivity index (χ1) is 18.1. The van der Waals surface area contributed by atoms with E-state index in [-0.39, 0.29) is 12.3 Å². The molecule has 0 fully saturated rings. The molecule has 38 heavy (non-hydrogen) atoms. The lowest BCUT2D eigenvalue weighted by atomic mass is 10.1. The van der Waals surface area contributed by atoms with Gasteiger partial charge in [0.25, 0.3) is 0 Å². The quantitative estimate of drug-likeness (QED) is 0.205. The number of urea groups is 1. The zero-order valence-electron chi connectivity index (χ0n) is 20.1. The maximum atomic E-state index is 13.1. The van der Waals surface area contributed by atoms with Crippen LogP contribution in [0.3, 0.4) is 0 Å². The van der Waals surface area contributed by atoms with Crippen molar-refractivity contribution in [1.29, 1.82) is 0 Å². The van der Waals surface area contributed by atoms with E-state index in [1.165, 1.54) is 17.1 Å². The minimum atomic E-state index is -4.66. The Bertz CT molecular complexity index is 1480. The first kappa shape index (κ1) is 26.7. The number of hydrogen-bond donors (Lipinski definition) is 5. The second-order valence-corrected chi connectivity index (χ2v) is 8.44. The molecule has 0 unspecified atom stereocenters. The summed E-state index contributed by atoms with van der Waals surface area (Å²) in [6, 6.07) is 10.7. The van der Waals surface area contributed by atoms with Gasteiger partial charge in [-0.1, -0.05) is 17.7 Å². The summed E-state index contributed by atoms with van der Waals surface area (Å²) in [6.07, 6.45) is -3.29. The van der Waals surface area contributed by atoms with Gasteiger partial charge in [-0.2, -0.15) is 23.0 Å². The molecule has 0 aliphatic rings. The minimum absolute atomic E-state index is 0.0732. The maximum Gasteiger partial charge on any atom is 0.417 e. The van der Waals surface area contributed by atoms with Crippen LogP contribution in [0.4, 0.5) is 46.7 Å². The summed E-state index contributed by atoms with van der Waals surface area (Å²) in [4.78, 5) is 20.8. The minimum Gasteiger partial charge on any atom is -0.390 e. The molecule has 0 saturated carbocycles. The lowest BCUT2D eigenvalue weighted by Crippen LogP contribution is -2.20. The number of halogens is 4. The van der Waals surface area contributed by atoms with Gasteiger partial charge in [0.05, 0.1) is 22.9 Å². The molecule has 2 aromatic carbocycles. The Labute approximate surface area is 219 Å². The lowest BCUT2D eigenvalue weighted by molar-refractivity contribution is -0.137. The van der Waals surface area contributed by atoms with Crippen molar-refractivity contribution in [2.75, 3.05) is 28.3 Å². The summed E-state index contributed by atoms with van der Waals surface area (Å²) in [6.45, 7) is 1.54. The van der Waals surface area contributed by atoms with Crippen LogP contribution in [0.2, 0.25) is 5.02 Å². The zero-order chi connectivity index (χ0) is 27.4. The number of alkyl halides is 3. The number of hydrogen-bond acceptors (Lipinski definition) is 7. The topological polar surface area (TPSA) is 129 Å². The third-order valence-electron chi connectivity index (χ3n) is 5.34. The largest absolute Gasteiger partial charge is 0.417 e. The van der Waals surface area contributed by atoms with Crippen LogP contribution in [0, 0.1) is 6.92 Å². The number of carbonyl (C=O) groups excluding carboxylic acids is 1. The average molecular weight is 547 g/mol. The molecule has 5 N–H and O–H groups in total. The van der Waals surface area contributed by atoms with Crippen LogP contribution in [0.15, 0.2) is 54.9 Å². The Morgan fingerprint density at radius 1 is 1.05 bits per heavy atom. The Morgan fingerprint density at radius 2 is 1.76 bits per heavy atom. The molecule has 0 aliphatic carbocycles. The smallest absolute Gasteiger partial charge is 0.390 e. The molecule has 0 bridgehead atoms. The van der Waals surface area contributed by atoms with Crippen molar-refractivity contribution in [3.8, 4) is 5.82 Å². The summed E-state index contributed by atoms with van der Waals surface area (Å²) >= 11 is 5.64. The highest BCUT2D eigenvalue weighted by Crippen LogP contribution is 2.36. The van der Waals surface area contributed by atoms with E-state index in [9.17, 15) is 23.1 Å². The van der Waals surface area contributed by atoms with Gasteiger partial charge in [0.1, 0.15) is 18.0 Å². The molecule has 0 aliphatic heterocycles. The standard InChI is InChI=1S/C24H22ClF3N8O2/c1-13-3-4-15(33-23(38)32-14-5-6-18(25)17(7-14)24(26,27)28)8-19(13)34-22-9-16(11-37)35-36(22)21-10-20(29-2)30-12-31-21/h3-10,12,34,37H,11H2,1-2H3,(H,29,30,31)(H2,32,33,38). The molecule has 10 nitrogen and oxygen atoms in total. The highest BCUT2D eigenvalue weighted by molar-refractivity contribution is 6.31. The molecule has 0 saturated heterocycles. The van der Waals surface area contributed by atoms with Crippen molar-refractivity contribution in [1.82, 2.24) is 19.7 Å². The fourth-order valence-electron chi connectivity index (χ4n) is 3.46. The first-order valence-corrected chi connectivity index (χ1v) is 11.5. The zero-order valence-corrected chi connectivity index (χ0v) is 20.8. The van der Waals surface area contributed by atoms with Gasteiger partial charge in [-0.3, -0.25) is 0 Å². The third kappa shape index (κ3) is 6.12. The summed E-state index contributed by atoms with van der Waals surface area (Å²) in [5.41, 5.74) is 1.06. The van der Waals surface area contributed by atoms with E-state index in [1.807, 2.05) is 6.92 Å². The highest BCUT2D eigenvalue weighted by Gasteiger charge is 2.33. The van der Waals surface area contributed by atoms with E-state index in [4.69, 9.17) is 11.6 Å². The Kier molecular flexibility index (Phi) is 7.69. The van der Waals surface area contributed by atoms with Crippen molar-refractivity contribution in [2.45, 2.75) is 19.7 Å². The number of aliphatic hydroxyl groups is 1. The predicted molar refractivity (Wildman–Crippen MR) is 138 cm³/mol. The molecule has 0 radical (unpaired) electrons.